The first-order chi connectivity index (χ1) is 17.2. The van der Waals surface area contributed by atoms with Crippen LogP contribution in [0, 0.1) is 26.7 Å². The van der Waals surface area contributed by atoms with Gasteiger partial charge in [-0.3, -0.25) is 9.69 Å². The SMILES string of the molecule is CCOc1cccc2c1O[C@@]1(C)[C@@H](C(=O)Nc3ccc(C)cc3C)[C@@H]2NC(=S)N1c1cccc(C)c1. The van der Waals surface area contributed by atoms with Crippen molar-refractivity contribution in [1.29, 1.82) is 0 Å². The molecule has 1 saturated heterocycles. The standard InChI is InChI=1S/C29H31N3O3S/c1-6-34-23-12-8-11-21-25-24(27(33)30-22-14-13-18(3)15-19(22)4)29(5,35-26(21)23)32(28(36)31-25)20-10-7-9-17(2)16-20/h7-16,24-25H,6H2,1-5H3,(H,30,33)(H,31,36)/t24-,25-,29+/m1/s1. The number of carbonyl (C=O) groups is 1. The molecular weight excluding hydrogens is 470 g/mol. The summed E-state index contributed by atoms with van der Waals surface area (Å²) in [6.45, 7) is 10.5. The number of nitrogens with one attached hydrogen (secondary N) is 2. The van der Waals surface area contributed by atoms with E-state index in [0.717, 1.165) is 33.6 Å². The summed E-state index contributed by atoms with van der Waals surface area (Å²) in [5.74, 6) is 0.526. The Morgan fingerprint density at radius 1 is 1.11 bits per heavy atom. The number of aryl methyl sites for hydroxylation is 3. The fraction of sp³-hybridized carbons (Fsp3) is 0.310. The minimum Gasteiger partial charge on any atom is -0.490 e. The van der Waals surface area contributed by atoms with Gasteiger partial charge in [-0.05, 0) is 82.2 Å². The number of rotatable bonds is 5. The topological polar surface area (TPSA) is 62.8 Å². The van der Waals surface area contributed by atoms with Gasteiger partial charge in [-0.2, -0.15) is 0 Å². The monoisotopic (exact) mass is 501 g/mol. The van der Waals surface area contributed by atoms with Crippen molar-refractivity contribution in [2.75, 3.05) is 16.8 Å². The summed E-state index contributed by atoms with van der Waals surface area (Å²) < 4.78 is 12.7. The average molecular weight is 502 g/mol. The third-order valence-corrected chi connectivity index (χ3v) is 7.27. The number of ether oxygens (including phenoxy) is 2. The number of benzene rings is 3. The summed E-state index contributed by atoms with van der Waals surface area (Å²) in [6.07, 6.45) is 0. The molecule has 5 rings (SSSR count). The molecule has 2 aliphatic heterocycles. The molecule has 2 heterocycles. The largest absolute Gasteiger partial charge is 0.490 e. The van der Waals surface area contributed by atoms with Gasteiger partial charge < -0.3 is 20.1 Å². The molecule has 0 radical (unpaired) electrons. The number of carbonyl (C=O) groups excluding carboxylic acids is 1. The first-order valence-corrected chi connectivity index (χ1v) is 12.6. The number of thiocarbonyl (C=S) groups is 1. The summed E-state index contributed by atoms with van der Waals surface area (Å²) in [5.41, 5.74) is 4.62. The first-order valence-electron chi connectivity index (χ1n) is 12.2. The molecule has 0 unspecified atom stereocenters. The van der Waals surface area contributed by atoms with E-state index < -0.39 is 17.7 Å². The lowest BCUT2D eigenvalue weighted by atomic mass is 9.78. The van der Waals surface area contributed by atoms with Gasteiger partial charge in [0.1, 0.15) is 5.92 Å². The average Bonchev–Trinajstić information content (AvgIpc) is 2.81. The molecule has 0 spiro atoms. The summed E-state index contributed by atoms with van der Waals surface area (Å²) in [6, 6.07) is 19.5. The van der Waals surface area contributed by atoms with E-state index >= 15 is 0 Å². The van der Waals surface area contributed by atoms with E-state index in [-0.39, 0.29) is 5.91 Å². The van der Waals surface area contributed by atoms with Gasteiger partial charge in [-0.1, -0.05) is 42.0 Å². The van der Waals surface area contributed by atoms with Crippen molar-refractivity contribution in [3.63, 3.8) is 0 Å². The van der Waals surface area contributed by atoms with Crippen molar-refractivity contribution in [2.24, 2.45) is 5.92 Å². The first kappa shape index (κ1) is 24.1. The van der Waals surface area contributed by atoms with Crippen LogP contribution in [0.5, 0.6) is 11.5 Å². The summed E-state index contributed by atoms with van der Waals surface area (Å²) in [4.78, 5) is 16.0. The molecule has 2 N–H and O–H groups in total. The van der Waals surface area contributed by atoms with Crippen LogP contribution < -0.4 is 25.0 Å². The highest BCUT2D eigenvalue weighted by molar-refractivity contribution is 7.80. The van der Waals surface area contributed by atoms with Crippen LogP contribution in [0.25, 0.3) is 0 Å². The molecule has 2 aliphatic rings. The second kappa shape index (κ2) is 9.13. The van der Waals surface area contributed by atoms with Gasteiger partial charge in [0.25, 0.3) is 0 Å². The number of nitrogens with zero attached hydrogens (tertiary/aromatic N) is 1. The Morgan fingerprint density at radius 2 is 1.86 bits per heavy atom. The van der Waals surface area contributed by atoms with E-state index in [9.17, 15) is 4.79 Å². The normalized spacial score (nSPS) is 22.2. The number of fused-ring (bicyclic) bond motifs is 4. The Labute approximate surface area is 217 Å². The predicted molar refractivity (Wildman–Crippen MR) is 147 cm³/mol. The Hall–Kier alpha value is -3.58. The molecule has 3 aromatic carbocycles. The summed E-state index contributed by atoms with van der Waals surface area (Å²) in [7, 11) is 0. The van der Waals surface area contributed by atoms with E-state index in [0.29, 0.717) is 23.2 Å². The van der Waals surface area contributed by atoms with Crippen LogP contribution in [0.15, 0.2) is 60.7 Å². The highest BCUT2D eigenvalue weighted by atomic mass is 32.1. The van der Waals surface area contributed by atoms with Crippen LogP contribution in [0.2, 0.25) is 0 Å². The third-order valence-electron chi connectivity index (χ3n) is 6.97. The van der Waals surface area contributed by atoms with Crippen LogP contribution in [0.3, 0.4) is 0 Å². The van der Waals surface area contributed by atoms with Gasteiger partial charge in [-0.25, -0.2) is 0 Å². The molecule has 36 heavy (non-hydrogen) atoms. The van der Waals surface area contributed by atoms with Crippen LogP contribution in [0.4, 0.5) is 11.4 Å². The molecule has 3 aromatic rings. The van der Waals surface area contributed by atoms with Gasteiger partial charge in [-0.15, -0.1) is 0 Å². The molecule has 0 saturated carbocycles. The van der Waals surface area contributed by atoms with Crippen molar-refractivity contribution >= 4 is 34.6 Å². The molecule has 186 valence electrons. The number of amides is 1. The van der Waals surface area contributed by atoms with Crippen LogP contribution >= 0.6 is 12.2 Å². The lowest BCUT2D eigenvalue weighted by Crippen LogP contribution is -2.72. The van der Waals surface area contributed by atoms with Crippen molar-refractivity contribution in [2.45, 2.75) is 46.4 Å². The zero-order valence-electron chi connectivity index (χ0n) is 21.2. The van der Waals surface area contributed by atoms with Gasteiger partial charge in [0.15, 0.2) is 22.3 Å². The van der Waals surface area contributed by atoms with Crippen molar-refractivity contribution in [3.8, 4) is 11.5 Å². The zero-order chi connectivity index (χ0) is 25.6. The van der Waals surface area contributed by atoms with E-state index in [1.807, 2.05) is 94.1 Å². The van der Waals surface area contributed by atoms with Gasteiger partial charge in [0.2, 0.25) is 5.91 Å². The molecule has 3 atom stereocenters. The maximum absolute atomic E-state index is 14.1. The summed E-state index contributed by atoms with van der Waals surface area (Å²) >= 11 is 5.87. The van der Waals surface area contributed by atoms with Crippen molar-refractivity contribution in [3.05, 3.63) is 82.9 Å². The van der Waals surface area contributed by atoms with E-state index in [1.165, 1.54) is 0 Å². The molecule has 2 bridgehead atoms. The second-order valence-electron chi connectivity index (χ2n) is 9.65. The van der Waals surface area contributed by atoms with Crippen LogP contribution in [0.1, 0.15) is 42.1 Å². The van der Waals surface area contributed by atoms with E-state index in [4.69, 9.17) is 21.7 Å². The quantitative estimate of drug-likeness (QED) is 0.430. The Balaban J connectivity index is 1.65. The smallest absolute Gasteiger partial charge is 0.236 e. The van der Waals surface area contributed by atoms with Crippen molar-refractivity contribution < 1.29 is 14.3 Å². The van der Waals surface area contributed by atoms with Crippen molar-refractivity contribution in [1.82, 2.24) is 5.32 Å². The van der Waals surface area contributed by atoms with Crippen LogP contribution in [-0.4, -0.2) is 23.4 Å². The molecule has 6 nitrogen and oxygen atoms in total. The fourth-order valence-corrected chi connectivity index (χ4v) is 5.77. The van der Waals surface area contributed by atoms with E-state index in [2.05, 4.69) is 16.7 Å². The minimum atomic E-state index is -1.11. The van der Waals surface area contributed by atoms with Gasteiger partial charge in [0, 0.05) is 16.9 Å². The highest BCUT2D eigenvalue weighted by Crippen LogP contribution is 2.52. The zero-order valence-corrected chi connectivity index (χ0v) is 22.0. The Morgan fingerprint density at radius 3 is 2.58 bits per heavy atom. The maximum atomic E-state index is 14.1. The number of hydrogen-bond acceptors (Lipinski definition) is 4. The Kier molecular flexibility index (Phi) is 6.12. The van der Waals surface area contributed by atoms with Crippen LogP contribution in [-0.2, 0) is 4.79 Å². The maximum Gasteiger partial charge on any atom is 0.236 e. The number of anilines is 2. The number of para-hydroxylation sites is 1. The molecule has 7 heteroatoms. The molecular formula is C29H31N3O3S. The fourth-order valence-electron chi connectivity index (χ4n) is 5.36. The lowest BCUT2D eigenvalue weighted by Gasteiger charge is -2.56. The Bertz CT molecular complexity index is 1360. The van der Waals surface area contributed by atoms with E-state index in [1.54, 1.807) is 0 Å². The molecule has 0 aliphatic carbocycles. The summed E-state index contributed by atoms with van der Waals surface area (Å²) in [5, 5.41) is 7.15. The van der Waals surface area contributed by atoms with Gasteiger partial charge in [0.05, 0.1) is 12.6 Å². The highest BCUT2D eigenvalue weighted by Gasteiger charge is 2.59. The predicted octanol–water partition coefficient (Wildman–Crippen LogP) is 5.81. The molecule has 0 aromatic heterocycles. The lowest BCUT2D eigenvalue weighted by molar-refractivity contribution is -0.130. The minimum absolute atomic E-state index is 0.144. The van der Waals surface area contributed by atoms with Gasteiger partial charge >= 0.3 is 0 Å². The molecule has 1 amide bonds. The molecule has 1 fully saturated rings. The number of hydrogen-bond donors (Lipinski definition) is 2. The second-order valence-corrected chi connectivity index (χ2v) is 10.0. The third kappa shape index (κ3) is 3.97.